The zero-order chi connectivity index (χ0) is 13.0. The number of rotatable bonds is 4. The van der Waals surface area contributed by atoms with E-state index in [1.54, 1.807) is 13.3 Å². The van der Waals surface area contributed by atoms with Crippen LogP contribution in [0.3, 0.4) is 0 Å². The quantitative estimate of drug-likeness (QED) is 0.870. The lowest BCUT2D eigenvalue weighted by Gasteiger charge is -2.17. The van der Waals surface area contributed by atoms with Crippen molar-refractivity contribution in [3.63, 3.8) is 0 Å². The maximum absolute atomic E-state index is 5.16. The Hall–Kier alpha value is -1.62. The normalized spacial score (nSPS) is 10.2. The molecule has 2 rings (SSSR count). The number of ether oxygens (including phenoxy) is 1. The van der Waals surface area contributed by atoms with E-state index in [0.717, 1.165) is 11.0 Å². The molecule has 0 fully saturated rings. The molecule has 1 aromatic heterocycles. The summed E-state index contributed by atoms with van der Waals surface area (Å²) in [6.45, 7) is 0.756. The molecule has 0 bridgehead atoms. The van der Waals surface area contributed by atoms with Gasteiger partial charge in [-0.3, -0.25) is 0 Å². The molecular formula is C13H14BrN3O. The summed E-state index contributed by atoms with van der Waals surface area (Å²) in [5, 5.41) is 0. The van der Waals surface area contributed by atoms with Crippen molar-refractivity contribution in [1.82, 2.24) is 9.97 Å². The lowest BCUT2D eigenvalue weighted by atomic mass is 10.2. The summed E-state index contributed by atoms with van der Waals surface area (Å²) >= 11 is 3.34. The predicted octanol–water partition coefficient (Wildman–Crippen LogP) is 2.88. The average molecular weight is 308 g/mol. The van der Waals surface area contributed by atoms with Crippen molar-refractivity contribution in [2.75, 3.05) is 19.1 Å². The number of halogens is 1. The molecule has 1 heterocycles. The van der Waals surface area contributed by atoms with Gasteiger partial charge in [0.25, 0.3) is 0 Å². The van der Waals surface area contributed by atoms with E-state index < -0.39 is 0 Å². The van der Waals surface area contributed by atoms with E-state index in [9.17, 15) is 0 Å². The van der Waals surface area contributed by atoms with Gasteiger partial charge >= 0.3 is 0 Å². The average Bonchev–Trinajstić information content (AvgIpc) is 2.40. The molecule has 1 aromatic carbocycles. The minimum absolute atomic E-state index is 0.542. The molecule has 0 aliphatic carbocycles. The fourth-order valence-electron chi connectivity index (χ4n) is 1.60. The highest BCUT2D eigenvalue weighted by Crippen LogP contribution is 2.23. The summed E-state index contributed by atoms with van der Waals surface area (Å²) < 4.78 is 5.91. The predicted molar refractivity (Wildman–Crippen MR) is 74.8 cm³/mol. The van der Waals surface area contributed by atoms with Gasteiger partial charge in [0.05, 0.1) is 17.8 Å². The molecule has 0 amide bonds. The minimum atomic E-state index is 0.542. The third kappa shape index (κ3) is 2.98. The molecule has 5 heteroatoms. The molecule has 0 atom stereocenters. The number of hydrogen-bond donors (Lipinski definition) is 0. The second-order valence-corrected chi connectivity index (χ2v) is 4.72. The van der Waals surface area contributed by atoms with Crippen molar-refractivity contribution < 1.29 is 4.74 Å². The van der Waals surface area contributed by atoms with Crippen LogP contribution >= 0.6 is 15.9 Å². The van der Waals surface area contributed by atoms with Crippen molar-refractivity contribution in [1.29, 1.82) is 0 Å². The molecule has 0 aliphatic heterocycles. The first-order valence-electron chi connectivity index (χ1n) is 5.52. The fraction of sp³-hybridized carbons (Fsp3) is 0.231. The maximum Gasteiger partial charge on any atom is 0.232 e. The number of nitrogens with zero attached hydrogens (tertiary/aromatic N) is 3. The van der Waals surface area contributed by atoms with Crippen LogP contribution < -0.4 is 9.64 Å². The van der Waals surface area contributed by atoms with Crippen LogP contribution in [0.15, 0.2) is 41.0 Å². The molecule has 0 saturated heterocycles. The second kappa shape index (κ2) is 5.82. The van der Waals surface area contributed by atoms with Crippen LogP contribution in [0, 0.1) is 0 Å². The first-order chi connectivity index (χ1) is 8.70. The standard InChI is InChI=1S/C13H14BrN3O/c1-17(9-10-6-4-3-5-7-10)13-15-8-11(14)12(16-13)18-2/h3-8H,9H2,1-2H3. The summed E-state index contributed by atoms with van der Waals surface area (Å²) in [7, 11) is 3.55. The summed E-state index contributed by atoms with van der Waals surface area (Å²) in [6, 6.07) is 10.2. The summed E-state index contributed by atoms with van der Waals surface area (Å²) in [5.41, 5.74) is 1.21. The van der Waals surface area contributed by atoms with E-state index in [-0.39, 0.29) is 0 Å². The SMILES string of the molecule is COc1nc(N(C)Cc2ccccc2)ncc1Br. The van der Waals surface area contributed by atoms with Crippen LogP contribution in [-0.2, 0) is 6.54 Å². The van der Waals surface area contributed by atoms with E-state index in [4.69, 9.17) is 4.74 Å². The van der Waals surface area contributed by atoms with Crippen LogP contribution in [-0.4, -0.2) is 24.1 Å². The molecule has 94 valence electrons. The molecule has 0 aliphatic rings. The van der Waals surface area contributed by atoms with Crippen LogP contribution in [0.1, 0.15) is 5.56 Å². The summed E-state index contributed by atoms with van der Waals surface area (Å²) in [5.74, 6) is 1.18. The van der Waals surface area contributed by atoms with E-state index in [1.807, 2.05) is 30.1 Å². The number of aromatic nitrogens is 2. The maximum atomic E-state index is 5.16. The summed E-state index contributed by atoms with van der Waals surface area (Å²) in [6.07, 6.45) is 1.70. The van der Waals surface area contributed by atoms with Crippen LogP contribution in [0.25, 0.3) is 0 Å². The Bertz CT molecular complexity index is 519. The Morgan fingerprint density at radius 1 is 1.28 bits per heavy atom. The third-order valence-electron chi connectivity index (χ3n) is 2.50. The fourth-order valence-corrected chi connectivity index (χ4v) is 1.95. The van der Waals surface area contributed by atoms with Crippen molar-refractivity contribution in [2.45, 2.75) is 6.54 Å². The molecule has 0 saturated carbocycles. The highest BCUT2D eigenvalue weighted by atomic mass is 79.9. The monoisotopic (exact) mass is 307 g/mol. The van der Waals surface area contributed by atoms with Crippen molar-refractivity contribution >= 4 is 21.9 Å². The minimum Gasteiger partial charge on any atom is -0.480 e. The molecular weight excluding hydrogens is 294 g/mol. The van der Waals surface area contributed by atoms with Gasteiger partial charge in [0.1, 0.15) is 0 Å². The molecule has 0 radical (unpaired) electrons. The molecule has 0 spiro atoms. The van der Waals surface area contributed by atoms with E-state index in [1.165, 1.54) is 5.56 Å². The largest absolute Gasteiger partial charge is 0.480 e. The Balaban J connectivity index is 2.16. The highest BCUT2D eigenvalue weighted by molar-refractivity contribution is 9.10. The van der Waals surface area contributed by atoms with Crippen molar-refractivity contribution in [3.8, 4) is 5.88 Å². The Kier molecular flexibility index (Phi) is 4.15. The van der Waals surface area contributed by atoms with Crippen LogP contribution in [0.4, 0.5) is 5.95 Å². The molecule has 2 aromatic rings. The number of methoxy groups -OCH3 is 1. The summed E-state index contributed by atoms with van der Waals surface area (Å²) in [4.78, 5) is 10.6. The van der Waals surface area contributed by atoms with Gasteiger partial charge in [-0.15, -0.1) is 0 Å². The first-order valence-corrected chi connectivity index (χ1v) is 6.31. The van der Waals surface area contributed by atoms with Gasteiger partial charge in [-0.05, 0) is 21.5 Å². The zero-order valence-corrected chi connectivity index (χ0v) is 11.9. The van der Waals surface area contributed by atoms with E-state index in [2.05, 4.69) is 38.0 Å². The smallest absolute Gasteiger partial charge is 0.232 e. The van der Waals surface area contributed by atoms with Gasteiger partial charge in [-0.2, -0.15) is 4.98 Å². The number of hydrogen-bond acceptors (Lipinski definition) is 4. The molecule has 0 unspecified atom stereocenters. The van der Waals surface area contributed by atoms with Crippen molar-refractivity contribution in [3.05, 3.63) is 46.6 Å². The molecule has 18 heavy (non-hydrogen) atoms. The Morgan fingerprint density at radius 3 is 2.67 bits per heavy atom. The Labute approximate surface area is 115 Å². The van der Waals surface area contributed by atoms with E-state index in [0.29, 0.717) is 11.8 Å². The van der Waals surface area contributed by atoms with Gasteiger partial charge in [-0.25, -0.2) is 4.98 Å². The lowest BCUT2D eigenvalue weighted by Crippen LogP contribution is -2.19. The van der Waals surface area contributed by atoms with Crippen molar-refractivity contribution in [2.24, 2.45) is 0 Å². The third-order valence-corrected chi connectivity index (χ3v) is 3.04. The van der Waals surface area contributed by atoms with E-state index >= 15 is 0 Å². The molecule has 4 nitrogen and oxygen atoms in total. The highest BCUT2D eigenvalue weighted by Gasteiger charge is 2.09. The second-order valence-electron chi connectivity index (χ2n) is 3.87. The van der Waals surface area contributed by atoms with Gasteiger partial charge in [-0.1, -0.05) is 30.3 Å². The first kappa shape index (κ1) is 12.8. The zero-order valence-electron chi connectivity index (χ0n) is 10.3. The van der Waals surface area contributed by atoms with Gasteiger partial charge in [0.2, 0.25) is 11.8 Å². The topological polar surface area (TPSA) is 38.2 Å². The number of anilines is 1. The van der Waals surface area contributed by atoms with Crippen LogP contribution in [0.2, 0.25) is 0 Å². The van der Waals surface area contributed by atoms with Crippen LogP contribution in [0.5, 0.6) is 5.88 Å². The lowest BCUT2D eigenvalue weighted by molar-refractivity contribution is 0.394. The molecule has 0 N–H and O–H groups in total. The van der Waals surface area contributed by atoms with Gasteiger partial charge in [0, 0.05) is 13.6 Å². The van der Waals surface area contributed by atoms with Gasteiger partial charge in [0.15, 0.2) is 0 Å². The number of benzene rings is 1. The van der Waals surface area contributed by atoms with Gasteiger partial charge < -0.3 is 9.64 Å². The Morgan fingerprint density at radius 2 is 2.00 bits per heavy atom.